The maximum absolute atomic E-state index is 11.4. The standard InChI is InChI=1S/C12H17NO8/c1-5(14)18-4-7-9(19-6(2)15)10-8(11(17-3)20-7)13-12(16)21-10/h7-11H,4H2,1-3H3,(H,13,16). The van der Waals surface area contributed by atoms with Gasteiger partial charge in [-0.3, -0.25) is 9.59 Å². The number of ether oxygens (including phenoxy) is 5. The van der Waals surface area contributed by atoms with Crippen LogP contribution in [0, 0.1) is 0 Å². The Morgan fingerprint density at radius 3 is 2.57 bits per heavy atom. The average molecular weight is 303 g/mol. The Kier molecular flexibility index (Phi) is 4.63. The number of methoxy groups -OCH3 is 1. The molecule has 5 unspecified atom stereocenters. The number of nitrogens with one attached hydrogen (secondary N) is 1. The molecule has 0 aromatic heterocycles. The van der Waals surface area contributed by atoms with E-state index in [4.69, 9.17) is 23.7 Å². The van der Waals surface area contributed by atoms with Crippen molar-refractivity contribution in [2.45, 2.75) is 44.5 Å². The first kappa shape index (κ1) is 15.5. The average Bonchev–Trinajstić information content (AvgIpc) is 2.78. The number of fused-ring (bicyclic) bond motifs is 1. The molecule has 9 nitrogen and oxygen atoms in total. The van der Waals surface area contributed by atoms with Crippen LogP contribution in [-0.2, 0) is 33.3 Å². The zero-order valence-corrected chi connectivity index (χ0v) is 11.9. The molecule has 0 bridgehead atoms. The van der Waals surface area contributed by atoms with Crippen molar-refractivity contribution in [2.75, 3.05) is 13.7 Å². The highest BCUT2D eigenvalue weighted by atomic mass is 16.7. The second-order valence-corrected chi connectivity index (χ2v) is 4.70. The molecule has 0 aromatic carbocycles. The molecule has 1 N–H and O–H groups in total. The third-order valence-corrected chi connectivity index (χ3v) is 3.16. The van der Waals surface area contributed by atoms with E-state index in [1.165, 1.54) is 21.0 Å². The molecule has 0 spiro atoms. The van der Waals surface area contributed by atoms with Gasteiger partial charge in [-0.1, -0.05) is 0 Å². The third-order valence-electron chi connectivity index (χ3n) is 3.16. The molecule has 2 fully saturated rings. The Morgan fingerprint density at radius 2 is 2.00 bits per heavy atom. The van der Waals surface area contributed by atoms with Crippen molar-refractivity contribution in [3.05, 3.63) is 0 Å². The topological polar surface area (TPSA) is 109 Å². The van der Waals surface area contributed by atoms with Gasteiger partial charge in [0.05, 0.1) is 0 Å². The first-order valence-electron chi connectivity index (χ1n) is 6.38. The van der Waals surface area contributed by atoms with Crippen LogP contribution >= 0.6 is 0 Å². The number of esters is 2. The van der Waals surface area contributed by atoms with Crippen molar-refractivity contribution in [3.63, 3.8) is 0 Å². The van der Waals surface area contributed by atoms with E-state index >= 15 is 0 Å². The Bertz CT molecular complexity index is 439. The lowest BCUT2D eigenvalue weighted by atomic mass is 9.97. The fraction of sp³-hybridized carbons (Fsp3) is 0.750. The predicted molar refractivity (Wildman–Crippen MR) is 65.0 cm³/mol. The molecule has 118 valence electrons. The summed E-state index contributed by atoms with van der Waals surface area (Å²) in [5, 5.41) is 2.54. The molecule has 1 amide bonds. The van der Waals surface area contributed by atoms with Crippen LogP contribution in [0.4, 0.5) is 4.79 Å². The first-order chi connectivity index (χ1) is 9.92. The molecule has 2 saturated heterocycles. The first-order valence-corrected chi connectivity index (χ1v) is 6.38. The van der Waals surface area contributed by atoms with Crippen molar-refractivity contribution >= 4 is 18.0 Å². The number of hydrogen-bond donors (Lipinski definition) is 1. The monoisotopic (exact) mass is 303 g/mol. The lowest BCUT2D eigenvalue weighted by Crippen LogP contribution is -2.61. The van der Waals surface area contributed by atoms with E-state index in [-0.39, 0.29) is 6.61 Å². The van der Waals surface area contributed by atoms with Crippen LogP contribution in [0.25, 0.3) is 0 Å². The minimum Gasteiger partial charge on any atom is -0.463 e. The van der Waals surface area contributed by atoms with Gasteiger partial charge < -0.3 is 29.0 Å². The highest BCUT2D eigenvalue weighted by Gasteiger charge is 2.54. The minimum absolute atomic E-state index is 0.145. The van der Waals surface area contributed by atoms with E-state index in [0.717, 1.165) is 0 Å². The van der Waals surface area contributed by atoms with E-state index < -0.39 is 48.7 Å². The molecule has 0 radical (unpaired) electrons. The fourth-order valence-corrected chi connectivity index (χ4v) is 2.36. The van der Waals surface area contributed by atoms with Crippen molar-refractivity contribution in [1.29, 1.82) is 0 Å². The molecule has 0 aromatic rings. The summed E-state index contributed by atoms with van der Waals surface area (Å²) in [5.74, 6) is -1.06. The summed E-state index contributed by atoms with van der Waals surface area (Å²) in [5.41, 5.74) is 0. The van der Waals surface area contributed by atoms with Gasteiger partial charge in [-0.15, -0.1) is 0 Å². The predicted octanol–water partition coefficient (Wildman–Crippen LogP) is -0.670. The zero-order valence-electron chi connectivity index (χ0n) is 11.9. The molecule has 2 rings (SSSR count). The van der Waals surface area contributed by atoms with Gasteiger partial charge in [0, 0.05) is 21.0 Å². The summed E-state index contributed by atoms with van der Waals surface area (Å²) in [4.78, 5) is 33.6. The fourth-order valence-electron chi connectivity index (χ4n) is 2.36. The van der Waals surface area contributed by atoms with Crippen LogP contribution in [0.2, 0.25) is 0 Å². The summed E-state index contributed by atoms with van der Waals surface area (Å²) in [6.07, 6.45) is -3.91. The molecule has 0 aliphatic carbocycles. The molecule has 2 aliphatic heterocycles. The van der Waals surface area contributed by atoms with Crippen LogP contribution in [0.1, 0.15) is 13.8 Å². The van der Waals surface area contributed by atoms with Crippen molar-refractivity contribution in [2.24, 2.45) is 0 Å². The van der Waals surface area contributed by atoms with Crippen LogP contribution in [0.3, 0.4) is 0 Å². The van der Waals surface area contributed by atoms with Crippen LogP contribution in [0.15, 0.2) is 0 Å². The zero-order chi connectivity index (χ0) is 15.6. The summed E-state index contributed by atoms with van der Waals surface area (Å²) in [6, 6.07) is -0.611. The van der Waals surface area contributed by atoms with Crippen molar-refractivity contribution in [1.82, 2.24) is 5.32 Å². The van der Waals surface area contributed by atoms with Gasteiger partial charge in [0.25, 0.3) is 0 Å². The van der Waals surface area contributed by atoms with Gasteiger partial charge in [0.15, 0.2) is 18.5 Å². The summed E-state index contributed by atoms with van der Waals surface area (Å²) in [7, 11) is 1.40. The van der Waals surface area contributed by atoms with Gasteiger partial charge >= 0.3 is 18.0 Å². The number of carbonyl (C=O) groups excluding carboxylic acids is 3. The van der Waals surface area contributed by atoms with Crippen molar-refractivity contribution in [3.8, 4) is 0 Å². The smallest absolute Gasteiger partial charge is 0.408 e. The molecule has 9 heteroatoms. The Balaban J connectivity index is 2.18. The van der Waals surface area contributed by atoms with Gasteiger partial charge in [0.2, 0.25) is 0 Å². The van der Waals surface area contributed by atoms with Crippen molar-refractivity contribution < 1.29 is 38.1 Å². The maximum atomic E-state index is 11.4. The number of rotatable bonds is 4. The highest BCUT2D eigenvalue weighted by Crippen LogP contribution is 2.30. The van der Waals surface area contributed by atoms with Gasteiger partial charge in [0.1, 0.15) is 18.8 Å². The normalized spacial score (nSPS) is 34.4. The quantitative estimate of drug-likeness (QED) is 0.538. The molecule has 5 atom stereocenters. The lowest BCUT2D eigenvalue weighted by Gasteiger charge is -2.40. The van der Waals surface area contributed by atoms with E-state index in [9.17, 15) is 14.4 Å². The third kappa shape index (κ3) is 3.42. The molecular weight excluding hydrogens is 286 g/mol. The van der Waals surface area contributed by atoms with Crippen LogP contribution in [-0.4, -0.2) is 62.4 Å². The minimum atomic E-state index is -0.891. The van der Waals surface area contributed by atoms with E-state index in [1.807, 2.05) is 0 Å². The summed E-state index contributed by atoms with van der Waals surface area (Å²) >= 11 is 0. The largest absolute Gasteiger partial charge is 0.463 e. The van der Waals surface area contributed by atoms with Gasteiger partial charge in [-0.25, -0.2) is 4.79 Å². The van der Waals surface area contributed by atoms with E-state index in [2.05, 4.69) is 5.32 Å². The Morgan fingerprint density at radius 1 is 1.29 bits per heavy atom. The molecule has 2 aliphatic rings. The van der Waals surface area contributed by atoms with Gasteiger partial charge in [-0.05, 0) is 0 Å². The number of hydrogen-bond acceptors (Lipinski definition) is 8. The number of alkyl carbamates (subject to hydrolysis) is 1. The van der Waals surface area contributed by atoms with E-state index in [0.29, 0.717) is 0 Å². The number of carbonyl (C=O) groups is 3. The molecule has 2 heterocycles. The van der Waals surface area contributed by atoms with Crippen LogP contribution in [0.5, 0.6) is 0 Å². The highest BCUT2D eigenvalue weighted by molar-refractivity contribution is 5.71. The summed E-state index contributed by atoms with van der Waals surface area (Å²) < 4.78 is 25.9. The molecule has 0 saturated carbocycles. The van der Waals surface area contributed by atoms with E-state index in [1.54, 1.807) is 0 Å². The lowest BCUT2D eigenvalue weighted by molar-refractivity contribution is -0.257. The molecule has 21 heavy (non-hydrogen) atoms. The number of amides is 1. The maximum Gasteiger partial charge on any atom is 0.408 e. The Hall–Kier alpha value is -1.87. The molecular formula is C12H17NO8. The Labute approximate surface area is 120 Å². The second kappa shape index (κ2) is 6.27. The van der Waals surface area contributed by atoms with Crippen LogP contribution < -0.4 is 5.32 Å². The van der Waals surface area contributed by atoms with Gasteiger partial charge in [-0.2, -0.15) is 0 Å². The summed E-state index contributed by atoms with van der Waals surface area (Å²) in [6.45, 7) is 2.33. The SMILES string of the molecule is COC1OC(COC(C)=O)C(OC(C)=O)C2OC(=O)NC12. The second-order valence-electron chi connectivity index (χ2n) is 4.70.